The minimum Gasteiger partial charge on any atom is -0.382 e. The second-order valence-corrected chi connectivity index (χ2v) is 3.50. The van der Waals surface area contributed by atoms with Crippen molar-refractivity contribution in [3.05, 3.63) is 0 Å². The number of rotatable bonds is 8. The topological polar surface area (TPSA) is 21.3 Å². The van der Waals surface area contributed by atoms with Crippen molar-refractivity contribution in [3.8, 4) is 0 Å². The molecule has 2 heteroatoms. The third kappa shape index (κ3) is 9.92. The number of nitrogens with one attached hydrogen (secondary N) is 1. The quantitative estimate of drug-likeness (QED) is 0.567. The molecule has 0 aromatic carbocycles. The van der Waals surface area contributed by atoms with Crippen LogP contribution >= 0.6 is 0 Å². The Bertz CT molecular complexity index is 83.9. The highest BCUT2D eigenvalue weighted by molar-refractivity contribution is 4.51. The third-order valence-corrected chi connectivity index (χ3v) is 1.65. The first-order valence-electron chi connectivity index (χ1n) is 5.05. The van der Waals surface area contributed by atoms with E-state index in [0.717, 1.165) is 32.2 Å². The van der Waals surface area contributed by atoms with Crippen molar-refractivity contribution in [1.82, 2.24) is 5.32 Å². The van der Waals surface area contributed by atoms with Crippen LogP contribution in [0.5, 0.6) is 0 Å². The lowest BCUT2D eigenvalue weighted by Gasteiger charge is -2.06. The number of ether oxygens (including phenoxy) is 1. The van der Waals surface area contributed by atoms with Gasteiger partial charge in [-0.2, -0.15) is 0 Å². The average Bonchev–Trinajstić information content (AvgIpc) is 2.02. The third-order valence-electron chi connectivity index (χ3n) is 1.65. The summed E-state index contributed by atoms with van der Waals surface area (Å²) in [6.07, 6.45) is 2.41. The van der Waals surface area contributed by atoms with Gasteiger partial charge in [0, 0.05) is 13.2 Å². The molecule has 0 heterocycles. The zero-order chi connectivity index (χ0) is 9.23. The van der Waals surface area contributed by atoms with Gasteiger partial charge in [-0.1, -0.05) is 13.8 Å². The Morgan fingerprint density at radius 2 is 2.00 bits per heavy atom. The van der Waals surface area contributed by atoms with Gasteiger partial charge in [-0.05, 0) is 38.8 Å². The highest BCUT2D eigenvalue weighted by Gasteiger charge is 1.92. The molecule has 1 N–H and O–H groups in total. The summed E-state index contributed by atoms with van der Waals surface area (Å²) < 4.78 is 5.23. The van der Waals surface area contributed by atoms with E-state index in [0.29, 0.717) is 0 Å². The summed E-state index contributed by atoms with van der Waals surface area (Å²) in [4.78, 5) is 0. The van der Waals surface area contributed by atoms with Crippen LogP contribution in [0.3, 0.4) is 0 Å². The van der Waals surface area contributed by atoms with Crippen LogP contribution in [0.4, 0.5) is 0 Å². The maximum absolute atomic E-state index is 5.23. The van der Waals surface area contributed by atoms with E-state index in [-0.39, 0.29) is 0 Å². The van der Waals surface area contributed by atoms with Crippen LogP contribution in [0.25, 0.3) is 0 Å². The van der Waals surface area contributed by atoms with Crippen LogP contribution in [0.2, 0.25) is 0 Å². The first kappa shape index (κ1) is 11.9. The van der Waals surface area contributed by atoms with E-state index in [1.54, 1.807) is 0 Å². The summed E-state index contributed by atoms with van der Waals surface area (Å²) in [5, 5.41) is 3.41. The fourth-order valence-electron chi connectivity index (χ4n) is 0.989. The monoisotopic (exact) mass is 173 g/mol. The van der Waals surface area contributed by atoms with E-state index in [4.69, 9.17) is 4.74 Å². The van der Waals surface area contributed by atoms with Gasteiger partial charge in [-0.15, -0.1) is 0 Å². The molecule has 0 rings (SSSR count). The molecule has 0 fully saturated rings. The lowest BCUT2D eigenvalue weighted by Crippen LogP contribution is -2.20. The molecule has 74 valence electrons. The number of hydrogen-bond acceptors (Lipinski definition) is 2. The lowest BCUT2D eigenvalue weighted by molar-refractivity contribution is 0.143. The summed E-state index contributed by atoms with van der Waals surface area (Å²) in [7, 11) is 0. The van der Waals surface area contributed by atoms with Crippen molar-refractivity contribution in [1.29, 1.82) is 0 Å². The first-order chi connectivity index (χ1) is 5.77. The van der Waals surface area contributed by atoms with Gasteiger partial charge in [0.2, 0.25) is 0 Å². The van der Waals surface area contributed by atoms with Gasteiger partial charge in [-0.3, -0.25) is 0 Å². The summed E-state index contributed by atoms with van der Waals surface area (Å²) in [5.74, 6) is 0.761. The predicted octanol–water partition coefficient (Wildman–Crippen LogP) is 2.05. The number of hydrogen-bond donors (Lipinski definition) is 1. The first-order valence-corrected chi connectivity index (χ1v) is 5.05. The van der Waals surface area contributed by atoms with E-state index in [9.17, 15) is 0 Å². The van der Waals surface area contributed by atoms with Gasteiger partial charge < -0.3 is 10.1 Å². The van der Waals surface area contributed by atoms with Crippen LogP contribution in [0.15, 0.2) is 0 Å². The van der Waals surface area contributed by atoms with E-state index in [2.05, 4.69) is 19.2 Å². The predicted molar refractivity (Wildman–Crippen MR) is 53.4 cm³/mol. The highest BCUT2D eigenvalue weighted by atomic mass is 16.5. The second-order valence-electron chi connectivity index (χ2n) is 3.50. The molecule has 0 saturated heterocycles. The van der Waals surface area contributed by atoms with Crippen molar-refractivity contribution in [2.45, 2.75) is 33.6 Å². The summed E-state index contributed by atoms with van der Waals surface area (Å²) in [6.45, 7) is 10.5. The van der Waals surface area contributed by atoms with Crippen molar-refractivity contribution >= 4 is 0 Å². The van der Waals surface area contributed by atoms with Gasteiger partial charge in [0.15, 0.2) is 0 Å². The summed E-state index contributed by atoms with van der Waals surface area (Å²) >= 11 is 0. The van der Waals surface area contributed by atoms with Crippen LogP contribution in [0.1, 0.15) is 33.6 Å². The van der Waals surface area contributed by atoms with Gasteiger partial charge >= 0.3 is 0 Å². The molecule has 2 nitrogen and oxygen atoms in total. The minimum absolute atomic E-state index is 0.761. The highest BCUT2D eigenvalue weighted by Crippen LogP contribution is 1.90. The molecule has 0 saturated carbocycles. The lowest BCUT2D eigenvalue weighted by atomic mass is 10.2. The molecule has 0 unspecified atom stereocenters. The SMILES string of the molecule is CCOCCCCNCC(C)C. The molecule has 0 radical (unpaired) electrons. The Labute approximate surface area is 76.7 Å². The molecular weight excluding hydrogens is 150 g/mol. The normalized spacial score (nSPS) is 11.0. The second kappa shape index (κ2) is 9.01. The molecule has 0 bridgehead atoms. The maximum Gasteiger partial charge on any atom is 0.0466 e. The molecule has 0 aliphatic rings. The van der Waals surface area contributed by atoms with Crippen LogP contribution in [-0.4, -0.2) is 26.3 Å². The zero-order valence-corrected chi connectivity index (χ0v) is 8.73. The molecular formula is C10H23NO. The Morgan fingerprint density at radius 1 is 1.25 bits per heavy atom. The smallest absolute Gasteiger partial charge is 0.0466 e. The molecule has 12 heavy (non-hydrogen) atoms. The van der Waals surface area contributed by atoms with Gasteiger partial charge in [0.25, 0.3) is 0 Å². The Hall–Kier alpha value is -0.0800. The fourth-order valence-corrected chi connectivity index (χ4v) is 0.989. The molecule has 0 atom stereocenters. The number of unbranched alkanes of at least 4 members (excludes halogenated alkanes) is 1. The van der Waals surface area contributed by atoms with Crippen LogP contribution < -0.4 is 5.32 Å². The van der Waals surface area contributed by atoms with Gasteiger partial charge in [-0.25, -0.2) is 0 Å². The molecule has 0 aliphatic carbocycles. The summed E-state index contributed by atoms with van der Waals surface area (Å²) in [5.41, 5.74) is 0. The van der Waals surface area contributed by atoms with Crippen molar-refractivity contribution in [2.75, 3.05) is 26.3 Å². The molecule has 0 aromatic rings. The maximum atomic E-state index is 5.23. The molecule has 0 amide bonds. The van der Waals surface area contributed by atoms with Gasteiger partial charge in [0.05, 0.1) is 0 Å². The average molecular weight is 173 g/mol. The molecule has 0 spiro atoms. The van der Waals surface area contributed by atoms with Crippen molar-refractivity contribution in [2.24, 2.45) is 5.92 Å². The standard InChI is InChI=1S/C10H23NO/c1-4-12-8-6-5-7-11-9-10(2)3/h10-11H,4-9H2,1-3H3. The molecule has 0 aromatic heterocycles. The summed E-state index contributed by atoms with van der Waals surface area (Å²) in [6, 6.07) is 0. The van der Waals surface area contributed by atoms with Crippen molar-refractivity contribution < 1.29 is 4.74 Å². The van der Waals surface area contributed by atoms with Crippen molar-refractivity contribution in [3.63, 3.8) is 0 Å². The van der Waals surface area contributed by atoms with E-state index >= 15 is 0 Å². The Balaban J connectivity index is 2.82. The largest absolute Gasteiger partial charge is 0.382 e. The van der Waals surface area contributed by atoms with E-state index in [1.165, 1.54) is 12.8 Å². The van der Waals surface area contributed by atoms with Crippen LogP contribution in [0, 0.1) is 5.92 Å². The Kier molecular flexibility index (Phi) is 8.95. The van der Waals surface area contributed by atoms with E-state index in [1.807, 2.05) is 6.92 Å². The van der Waals surface area contributed by atoms with E-state index < -0.39 is 0 Å². The zero-order valence-electron chi connectivity index (χ0n) is 8.73. The van der Waals surface area contributed by atoms with Gasteiger partial charge in [0.1, 0.15) is 0 Å². The fraction of sp³-hybridized carbons (Fsp3) is 1.00. The minimum atomic E-state index is 0.761. The van der Waals surface area contributed by atoms with Crippen LogP contribution in [-0.2, 0) is 4.74 Å². The molecule has 0 aliphatic heterocycles. The Morgan fingerprint density at radius 3 is 2.58 bits per heavy atom.